The molecule has 2 N–H and O–H groups in total. The molecule has 1 fully saturated rings. The van der Waals surface area contributed by atoms with Crippen molar-refractivity contribution in [2.45, 2.75) is 18.4 Å². The molecule has 27 heavy (non-hydrogen) atoms. The number of likely N-dealkylation sites (tertiary alicyclic amines) is 1. The van der Waals surface area contributed by atoms with Crippen LogP contribution in [-0.4, -0.2) is 43.6 Å². The highest BCUT2D eigenvalue weighted by atomic mass is 35.5. The van der Waals surface area contributed by atoms with Crippen LogP contribution in [0.3, 0.4) is 0 Å². The first-order chi connectivity index (χ1) is 13.0. The number of methoxy groups -OCH3 is 1. The van der Waals surface area contributed by atoms with Crippen molar-refractivity contribution in [3.05, 3.63) is 59.1 Å². The molecule has 2 aromatic rings. The summed E-state index contributed by atoms with van der Waals surface area (Å²) in [5.74, 6) is 0.272. The van der Waals surface area contributed by atoms with E-state index in [0.29, 0.717) is 23.7 Å². The molecule has 2 atom stereocenters. The van der Waals surface area contributed by atoms with Gasteiger partial charge in [0.05, 0.1) is 13.0 Å². The van der Waals surface area contributed by atoms with Gasteiger partial charge in [-0.3, -0.25) is 4.79 Å². The summed E-state index contributed by atoms with van der Waals surface area (Å²) >= 11 is 5.86. The SMILES string of the molecule is COc1ccc(C2C(=O)N(C)CCC2NC(=O)Nc2ccc(Cl)cc2)cc1. The Labute approximate surface area is 163 Å². The van der Waals surface area contributed by atoms with Gasteiger partial charge in [0, 0.05) is 30.3 Å². The third-order valence-electron chi connectivity index (χ3n) is 4.71. The van der Waals surface area contributed by atoms with E-state index in [-0.39, 0.29) is 18.0 Å². The van der Waals surface area contributed by atoms with Crippen molar-refractivity contribution in [3.63, 3.8) is 0 Å². The van der Waals surface area contributed by atoms with E-state index in [2.05, 4.69) is 10.6 Å². The van der Waals surface area contributed by atoms with Gasteiger partial charge in [-0.25, -0.2) is 4.79 Å². The second-order valence-corrected chi connectivity index (χ2v) is 6.95. The quantitative estimate of drug-likeness (QED) is 0.843. The number of rotatable bonds is 4. The number of carbonyl (C=O) groups is 2. The summed E-state index contributed by atoms with van der Waals surface area (Å²) in [6.45, 7) is 0.595. The molecule has 3 rings (SSSR count). The fraction of sp³-hybridized carbons (Fsp3) is 0.300. The fourth-order valence-corrected chi connectivity index (χ4v) is 3.36. The minimum absolute atomic E-state index is 0.0109. The van der Waals surface area contributed by atoms with Crippen LogP contribution in [0.15, 0.2) is 48.5 Å². The van der Waals surface area contributed by atoms with E-state index >= 15 is 0 Å². The Morgan fingerprint density at radius 3 is 2.44 bits per heavy atom. The van der Waals surface area contributed by atoms with E-state index in [9.17, 15) is 9.59 Å². The summed E-state index contributed by atoms with van der Waals surface area (Å²) < 4.78 is 5.19. The highest BCUT2D eigenvalue weighted by Crippen LogP contribution is 2.29. The van der Waals surface area contributed by atoms with Crippen molar-refractivity contribution in [2.75, 3.05) is 26.0 Å². The number of piperidine rings is 1. The third-order valence-corrected chi connectivity index (χ3v) is 4.97. The minimum Gasteiger partial charge on any atom is -0.497 e. The van der Waals surface area contributed by atoms with Crippen molar-refractivity contribution in [3.8, 4) is 5.75 Å². The molecule has 142 valence electrons. The number of anilines is 1. The van der Waals surface area contributed by atoms with Gasteiger partial charge in [-0.2, -0.15) is 0 Å². The number of halogens is 1. The van der Waals surface area contributed by atoms with E-state index in [1.165, 1.54) is 0 Å². The van der Waals surface area contributed by atoms with Crippen molar-refractivity contribution in [1.29, 1.82) is 0 Å². The zero-order chi connectivity index (χ0) is 19.4. The summed E-state index contributed by atoms with van der Waals surface area (Å²) in [5.41, 5.74) is 1.49. The smallest absolute Gasteiger partial charge is 0.319 e. The predicted molar refractivity (Wildman–Crippen MR) is 105 cm³/mol. The fourth-order valence-electron chi connectivity index (χ4n) is 3.23. The number of nitrogens with zero attached hydrogens (tertiary/aromatic N) is 1. The lowest BCUT2D eigenvalue weighted by Gasteiger charge is -2.36. The lowest BCUT2D eigenvalue weighted by Crippen LogP contribution is -2.52. The van der Waals surface area contributed by atoms with E-state index < -0.39 is 5.92 Å². The van der Waals surface area contributed by atoms with Gasteiger partial charge in [-0.15, -0.1) is 0 Å². The van der Waals surface area contributed by atoms with Gasteiger partial charge in [0.1, 0.15) is 5.75 Å². The molecule has 6 nitrogen and oxygen atoms in total. The van der Waals surface area contributed by atoms with Crippen molar-refractivity contribution >= 4 is 29.2 Å². The third kappa shape index (κ3) is 4.52. The molecule has 0 bridgehead atoms. The zero-order valence-electron chi connectivity index (χ0n) is 15.2. The van der Waals surface area contributed by atoms with Crippen LogP contribution in [0, 0.1) is 0 Å². The first-order valence-corrected chi connectivity index (χ1v) is 9.07. The molecule has 1 aliphatic rings. The van der Waals surface area contributed by atoms with Crippen LogP contribution in [0.4, 0.5) is 10.5 Å². The number of amides is 3. The van der Waals surface area contributed by atoms with Crippen LogP contribution in [-0.2, 0) is 4.79 Å². The molecular weight excluding hydrogens is 366 g/mol. The first kappa shape index (κ1) is 19.0. The van der Waals surface area contributed by atoms with E-state index in [4.69, 9.17) is 16.3 Å². The van der Waals surface area contributed by atoms with Crippen LogP contribution in [0.25, 0.3) is 0 Å². The molecule has 0 saturated carbocycles. The molecule has 1 saturated heterocycles. The maximum Gasteiger partial charge on any atom is 0.319 e. The number of urea groups is 1. The summed E-state index contributed by atoms with van der Waals surface area (Å²) in [7, 11) is 3.38. The first-order valence-electron chi connectivity index (χ1n) is 8.70. The van der Waals surface area contributed by atoms with Crippen LogP contribution in [0.5, 0.6) is 5.75 Å². The minimum atomic E-state index is -0.439. The largest absolute Gasteiger partial charge is 0.497 e. The standard InChI is InChI=1S/C20H22ClN3O3/c1-24-12-11-17(23-20(26)22-15-7-5-14(21)6-8-15)18(19(24)25)13-3-9-16(27-2)10-4-13/h3-10,17-18H,11-12H2,1-2H3,(H2,22,23,26). The van der Waals surface area contributed by atoms with Crippen LogP contribution in [0.2, 0.25) is 5.02 Å². The number of benzene rings is 2. The van der Waals surface area contributed by atoms with E-state index in [1.807, 2.05) is 24.3 Å². The Balaban J connectivity index is 1.75. The predicted octanol–water partition coefficient (Wildman–Crippen LogP) is 3.48. The van der Waals surface area contributed by atoms with E-state index in [1.54, 1.807) is 43.3 Å². The van der Waals surface area contributed by atoms with Gasteiger partial charge in [-0.05, 0) is 48.4 Å². The average molecular weight is 388 g/mol. The molecular formula is C20H22ClN3O3. The zero-order valence-corrected chi connectivity index (χ0v) is 16.0. The highest BCUT2D eigenvalue weighted by molar-refractivity contribution is 6.30. The molecule has 3 amide bonds. The molecule has 7 heteroatoms. The summed E-state index contributed by atoms with van der Waals surface area (Å²) in [5, 5.41) is 6.33. The molecule has 0 radical (unpaired) electrons. The number of ether oxygens (including phenoxy) is 1. The summed E-state index contributed by atoms with van der Waals surface area (Å²) in [6.07, 6.45) is 0.674. The highest BCUT2D eigenvalue weighted by Gasteiger charge is 2.37. The molecule has 1 aliphatic heterocycles. The van der Waals surface area contributed by atoms with Gasteiger partial charge in [0.2, 0.25) is 5.91 Å². The second kappa shape index (κ2) is 8.31. The Hall–Kier alpha value is -2.73. The van der Waals surface area contributed by atoms with Crippen molar-refractivity contribution < 1.29 is 14.3 Å². The Morgan fingerprint density at radius 1 is 1.15 bits per heavy atom. The van der Waals surface area contributed by atoms with Crippen molar-refractivity contribution in [1.82, 2.24) is 10.2 Å². The van der Waals surface area contributed by atoms with Gasteiger partial charge in [0.15, 0.2) is 0 Å². The summed E-state index contributed by atoms with van der Waals surface area (Å²) in [4.78, 5) is 26.9. The Bertz CT molecular complexity index is 808. The number of hydrogen-bond donors (Lipinski definition) is 2. The van der Waals surface area contributed by atoms with Crippen molar-refractivity contribution in [2.24, 2.45) is 0 Å². The molecule has 2 unspecified atom stereocenters. The topological polar surface area (TPSA) is 70.7 Å². The number of likely N-dealkylation sites (N-methyl/N-ethyl adjacent to an activating group) is 1. The van der Waals surface area contributed by atoms with Gasteiger partial charge in [-0.1, -0.05) is 23.7 Å². The molecule has 0 spiro atoms. The number of nitrogens with one attached hydrogen (secondary N) is 2. The number of hydrogen-bond acceptors (Lipinski definition) is 3. The summed E-state index contributed by atoms with van der Waals surface area (Å²) in [6, 6.07) is 13.6. The normalized spacial score (nSPS) is 19.5. The van der Waals surface area contributed by atoms with Gasteiger partial charge >= 0.3 is 6.03 Å². The monoisotopic (exact) mass is 387 g/mol. The second-order valence-electron chi connectivity index (χ2n) is 6.51. The molecule has 1 heterocycles. The lowest BCUT2D eigenvalue weighted by molar-refractivity contribution is -0.134. The van der Waals surface area contributed by atoms with Crippen LogP contribution in [0.1, 0.15) is 17.9 Å². The lowest BCUT2D eigenvalue weighted by atomic mass is 9.85. The maximum atomic E-state index is 12.8. The molecule has 0 aromatic heterocycles. The van der Waals surface area contributed by atoms with Crippen LogP contribution >= 0.6 is 11.6 Å². The maximum absolute atomic E-state index is 12.8. The molecule has 2 aromatic carbocycles. The van der Waals surface area contributed by atoms with Gasteiger partial charge < -0.3 is 20.3 Å². The Kier molecular flexibility index (Phi) is 5.86. The van der Waals surface area contributed by atoms with Crippen LogP contribution < -0.4 is 15.4 Å². The van der Waals surface area contributed by atoms with Gasteiger partial charge in [0.25, 0.3) is 0 Å². The Morgan fingerprint density at radius 2 is 1.81 bits per heavy atom. The average Bonchev–Trinajstić information content (AvgIpc) is 2.67. The number of carbonyl (C=O) groups excluding carboxylic acids is 2. The molecule has 0 aliphatic carbocycles. The van der Waals surface area contributed by atoms with E-state index in [0.717, 1.165) is 11.3 Å².